The van der Waals surface area contributed by atoms with Crippen molar-refractivity contribution in [1.29, 1.82) is 0 Å². The Morgan fingerprint density at radius 1 is 1.04 bits per heavy atom. The summed E-state index contributed by atoms with van der Waals surface area (Å²) in [7, 11) is 1.47. The fourth-order valence-electron chi connectivity index (χ4n) is 2.94. The third-order valence-electron chi connectivity index (χ3n) is 4.23. The molecule has 0 spiro atoms. The normalized spacial score (nSPS) is 13.2. The van der Waals surface area contributed by atoms with Gasteiger partial charge in [0.1, 0.15) is 5.75 Å². The van der Waals surface area contributed by atoms with E-state index in [0.29, 0.717) is 34.3 Å². The van der Waals surface area contributed by atoms with Gasteiger partial charge in [-0.2, -0.15) is 0 Å². The van der Waals surface area contributed by atoms with Gasteiger partial charge in [-0.05, 0) is 18.2 Å². The van der Waals surface area contributed by atoms with Gasteiger partial charge in [0.15, 0.2) is 23.0 Å². The second-order valence-corrected chi connectivity index (χ2v) is 5.81. The minimum Gasteiger partial charge on any atom is -0.507 e. The number of methoxy groups -OCH3 is 1. The summed E-state index contributed by atoms with van der Waals surface area (Å²) in [6.45, 7) is 0.0858. The summed E-state index contributed by atoms with van der Waals surface area (Å²) >= 11 is 0. The van der Waals surface area contributed by atoms with Gasteiger partial charge in [0.2, 0.25) is 12.7 Å². The molecule has 1 aromatic heterocycles. The molecule has 0 saturated carbocycles. The molecular weight excluding hydrogens is 350 g/mol. The van der Waals surface area contributed by atoms with Crippen LogP contribution in [0.15, 0.2) is 48.8 Å². The molecule has 0 bridgehead atoms. The maximum Gasteiger partial charge on any atom is 0.231 e. The third kappa shape index (κ3) is 3.12. The smallest absolute Gasteiger partial charge is 0.231 e. The number of aromatic hydroxyl groups is 2. The molecule has 3 N–H and O–H groups in total. The van der Waals surface area contributed by atoms with E-state index in [0.717, 1.165) is 0 Å². The number of anilines is 1. The number of rotatable bonds is 5. The van der Waals surface area contributed by atoms with Crippen LogP contribution in [0.25, 0.3) is 0 Å². The summed E-state index contributed by atoms with van der Waals surface area (Å²) in [5.74, 6) is 1.54. The van der Waals surface area contributed by atoms with Crippen LogP contribution in [0.5, 0.6) is 28.7 Å². The summed E-state index contributed by atoms with van der Waals surface area (Å²) in [4.78, 5) is 8.34. The van der Waals surface area contributed by atoms with E-state index >= 15 is 0 Å². The van der Waals surface area contributed by atoms with Crippen LogP contribution in [0.1, 0.15) is 17.2 Å². The van der Waals surface area contributed by atoms with Crippen LogP contribution in [-0.4, -0.2) is 34.1 Å². The van der Waals surface area contributed by atoms with Crippen molar-refractivity contribution in [1.82, 2.24) is 9.97 Å². The van der Waals surface area contributed by atoms with Crippen molar-refractivity contribution < 1.29 is 24.4 Å². The standard InChI is InChI=1S/C19H17N3O5/c1-25-14-5-2-4-11(18(14)24)17(22-19-20-6-3-7-21-19)12-8-15-16(9-13(12)23)27-10-26-15/h2-9,17,23-24H,10H2,1H3,(H,20,21,22)/t17-/m1/s1. The summed E-state index contributed by atoms with van der Waals surface area (Å²) in [6.07, 6.45) is 3.19. The number of para-hydroxylation sites is 1. The molecule has 3 aromatic rings. The molecule has 8 heteroatoms. The van der Waals surface area contributed by atoms with Gasteiger partial charge in [-0.1, -0.05) is 12.1 Å². The molecule has 27 heavy (non-hydrogen) atoms. The molecule has 1 aliphatic heterocycles. The molecule has 1 aliphatic rings. The average Bonchev–Trinajstić information content (AvgIpc) is 3.14. The van der Waals surface area contributed by atoms with Crippen molar-refractivity contribution in [3.05, 3.63) is 59.9 Å². The SMILES string of the molecule is COc1cccc([C@@H](Nc2ncccn2)c2cc3c(cc2O)OCO3)c1O. The first-order valence-corrected chi connectivity index (χ1v) is 8.19. The van der Waals surface area contributed by atoms with Crippen molar-refractivity contribution in [3.8, 4) is 28.7 Å². The minimum atomic E-state index is -0.669. The summed E-state index contributed by atoms with van der Waals surface area (Å²) in [6, 6.07) is 9.29. The summed E-state index contributed by atoms with van der Waals surface area (Å²) in [5.41, 5.74) is 0.950. The number of benzene rings is 2. The van der Waals surface area contributed by atoms with Crippen molar-refractivity contribution >= 4 is 5.95 Å². The number of hydrogen-bond donors (Lipinski definition) is 3. The fraction of sp³-hybridized carbons (Fsp3) is 0.158. The number of nitrogens with one attached hydrogen (secondary N) is 1. The fourth-order valence-corrected chi connectivity index (χ4v) is 2.94. The van der Waals surface area contributed by atoms with Crippen LogP contribution in [0, 0.1) is 0 Å². The number of ether oxygens (including phenoxy) is 3. The molecule has 0 aliphatic carbocycles. The van der Waals surface area contributed by atoms with E-state index in [1.807, 2.05) is 0 Å². The number of aromatic nitrogens is 2. The van der Waals surface area contributed by atoms with Crippen molar-refractivity contribution in [2.45, 2.75) is 6.04 Å². The zero-order chi connectivity index (χ0) is 18.8. The van der Waals surface area contributed by atoms with Gasteiger partial charge in [-0.25, -0.2) is 9.97 Å². The zero-order valence-corrected chi connectivity index (χ0v) is 14.4. The van der Waals surface area contributed by atoms with Crippen LogP contribution < -0.4 is 19.5 Å². The molecule has 2 aromatic carbocycles. The van der Waals surface area contributed by atoms with Gasteiger partial charge >= 0.3 is 0 Å². The lowest BCUT2D eigenvalue weighted by molar-refractivity contribution is 0.174. The maximum absolute atomic E-state index is 10.6. The predicted octanol–water partition coefficient (Wildman–Crippen LogP) is 2.83. The largest absolute Gasteiger partial charge is 0.507 e. The summed E-state index contributed by atoms with van der Waals surface area (Å²) in [5, 5.41) is 24.4. The van der Waals surface area contributed by atoms with Crippen molar-refractivity contribution in [2.24, 2.45) is 0 Å². The van der Waals surface area contributed by atoms with E-state index in [4.69, 9.17) is 14.2 Å². The lowest BCUT2D eigenvalue weighted by Gasteiger charge is -2.22. The van der Waals surface area contributed by atoms with Gasteiger partial charge in [0, 0.05) is 29.6 Å². The molecule has 0 fully saturated rings. The topological polar surface area (TPSA) is 106 Å². The molecule has 0 saturated heterocycles. The van der Waals surface area contributed by atoms with Crippen LogP contribution in [0.4, 0.5) is 5.95 Å². The van der Waals surface area contributed by atoms with Crippen molar-refractivity contribution in [2.75, 3.05) is 19.2 Å². The van der Waals surface area contributed by atoms with E-state index < -0.39 is 6.04 Å². The first-order valence-electron chi connectivity index (χ1n) is 8.19. The second-order valence-electron chi connectivity index (χ2n) is 5.81. The van der Waals surface area contributed by atoms with Crippen LogP contribution in [0.3, 0.4) is 0 Å². The highest BCUT2D eigenvalue weighted by molar-refractivity contribution is 5.59. The van der Waals surface area contributed by atoms with E-state index in [1.165, 1.54) is 13.2 Å². The molecule has 0 amide bonds. The highest BCUT2D eigenvalue weighted by Gasteiger charge is 2.27. The number of phenolic OH excluding ortho intramolecular Hbond substituents is 2. The van der Waals surface area contributed by atoms with E-state index in [1.54, 1.807) is 42.7 Å². The third-order valence-corrected chi connectivity index (χ3v) is 4.23. The maximum atomic E-state index is 10.6. The Kier molecular flexibility index (Phi) is 4.29. The molecule has 138 valence electrons. The first kappa shape index (κ1) is 16.8. The number of phenols is 2. The molecule has 0 unspecified atom stereocenters. The van der Waals surface area contributed by atoms with Crippen LogP contribution in [0.2, 0.25) is 0 Å². The van der Waals surface area contributed by atoms with E-state index in [-0.39, 0.29) is 18.3 Å². The van der Waals surface area contributed by atoms with Crippen LogP contribution in [-0.2, 0) is 0 Å². The first-order chi connectivity index (χ1) is 13.2. The Labute approximate surface area is 155 Å². The van der Waals surface area contributed by atoms with Gasteiger partial charge in [-0.15, -0.1) is 0 Å². The quantitative estimate of drug-likeness (QED) is 0.632. The molecule has 0 radical (unpaired) electrons. The van der Waals surface area contributed by atoms with E-state index in [2.05, 4.69) is 15.3 Å². The molecule has 4 rings (SSSR count). The minimum absolute atomic E-state index is 0.0186. The number of nitrogens with zero attached hydrogens (tertiary/aromatic N) is 2. The Hall–Kier alpha value is -3.68. The lowest BCUT2D eigenvalue weighted by atomic mass is 9.96. The van der Waals surface area contributed by atoms with Crippen LogP contribution >= 0.6 is 0 Å². The zero-order valence-electron chi connectivity index (χ0n) is 14.4. The van der Waals surface area contributed by atoms with Gasteiger partial charge in [-0.3, -0.25) is 0 Å². The Morgan fingerprint density at radius 2 is 1.78 bits per heavy atom. The molecule has 2 heterocycles. The molecular formula is C19H17N3O5. The van der Waals surface area contributed by atoms with Crippen molar-refractivity contribution in [3.63, 3.8) is 0 Å². The molecule has 1 atom stereocenters. The monoisotopic (exact) mass is 367 g/mol. The van der Waals surface area contributed by atoms with Gasteiger partial charge in [0.05, 0.1) is 13.2 Å². The van der Waals surface area contributed by atoms with Gasteiger partial charge in [0.25, 0.3) is 0 Å². The Bertz CT molecular complexity index is 965. The Balaban J connectivity index is 1.84. The highest BCUT2D eigenvalue weighted by Crippen LogP contribution is 2.44. The predicted molar refractivity (Wildman–Crippen MR) is 96.4 cm³/mol. The number of hydrogen-bond acceptors (Lipinski definition) is 8. The average molecular weight is 367 g/mol. The highest BCUT2D eigenvalue weighted by atomic mass is 16.7. The number of fused-ring (bicyclic) bond motifs is 1. The lowest BCUT2D eigenvalue weighted by Crippen LogP contribution is -2.15. The van der Waals surface area contributed by atoms with E-state index in [9.17, 15) is 10.2 Å². The second kappa shape index (κ2) is 6.91. The molecule has 8 nitrogen and oxygen atoms in total. The Morgan fingerprint density at radius 3 is 2.52 bits per heavy atom. The van der Waals surface area contributed by atoms with Gasteiger partial charge < -0.3 is 29.7 Å². The summed E-state index contributed by atoms with van der Waals surface area (Å²) < 4.78 is 15.9.